The van der Waals surface area contributed by atoms with E-state index in [4.69, 9.17) is 10.2 Å². The van der Waals surface area contributed by atoms with Gasteiger partial charge in [-0.05, 0) is 31.0 Å². The molecule has 1 aliphatic heterocycles. The number of anilines is 1. The number of nitrogens with one attached hydrogen (secondary N) is 2. The molecule has 0 saturated carbocycles. The number of sulfonamides is 1. The van der Waals surface area contributed by atoms with E-state index in [2.05, 4.69) is 15.0 Å². The van der Waals surface area contributed by atoms with E-state index >= 15 is 0 Å². The SMILES string of the molecule is Cc1cc(C)c2c(c1)NC(=NC(CO)C(=O)O)NS2(=O)=O. The zero-order valence-electron chi connectivity index (χ0n) is 11.4. The molecule has 21 heavy (non-hydrogen) atoms. The highest BCUT2D eigenvalue weighted by molar-refractivity contribution is 7.90. The predicted molar refractivity (Wildman–Crippen MR) is 75.8 cm³/mol. The Kier molecular flexibility index (Phi) is 3.88. The van der Waals surface area contributed by atoms with Gasteiger partial charge in [0.1, 0.15) is 4.90 Å². The summed E-state index contributed by atoms with van der Waals surface area (Å²) < 4.78 is 26.6. The van der Waals surface area contributed by atoms with Crippen molar-refractivity contribution in [3.05, 3.63) is 23.3 Å². The number of aliphatic imine (C=N–C) groups is 1. The summed E-state index contributed by atoms with van der Waals surface area (Å²) in [4.78, 5) is 14.6. The molecule has 0 spiro atoms. The molecule has 1 heterocycles. The van der Waals surface area contributed by atoms with Crippen LogP contribution in [0.15, 0.2) is 22.0 Å². The number of aryl methyl sites for hydroxylation is 2. The minimum Gasteiger partial charge on any atom is -0.480 e. The van der Waals surface area contributed by atoms with E-state index in [9.17, 15) is 13.2 Å². The van der Waals surface area contributed by atoms with E-state index in [0.29, 0.717) is 11.3 Å². The largest absolute Gasteiger partial charge is 0.480 e. The summed E-state index contributed by atoms with van der Waals surface area (Å²) in [5.41, 5.74) is 1.75. The van der Waals surface area contributed by atoms with Gasteiger partial charge in [-0.1, -0.05) is 6.07 Å². The molecule has 1 unspecified atom stereocenters. The first kappa shape index (κ1) is 15.3. The third kappa shape index (κ3) is 2.98. The summed E-state index contributed by atoms with van der Waals surface area (Å²) in [6.07, 6.45) is 0. The van der Waals surface area contributed by atoms with Crippen LogP contribution in [0.5, 0.6) is 0 Å². The van der Waals surface area contributed by atoms with Crippen LogP contribution in [0.1, 0.15) is 11.1 Å². The van der Waals surface area contributed by atoms with Crippen LogP contribution in [0, 0.1) is 13.8 Å². The molecule has 0 aliphatic carbocycles. The molecule has 1 aliphatic rings. The van der Waals surface area contributed by atoms with Crippen molar-refractivity contribution in [1.82, 2.24) is 4.72 Å². The Labute approximate surface area is 121 Å². The number of nitrogens with zero attached hydrogens (tertiary/aromatic N) is 1. The molecule has 1 aromatic carbocycles. The molecule has 0 bridgehead atoms. The number of hydrogen-bond donors (Lipinski definition) is 4. The highest BCUT2D eigenvalue weighted by Gasteiger charge is 2.29. The first-order chi connectivity index (χ1) is 9.74. The summed E-state index contributed by atoms with van der Waals surface area (Å²) in [7, 11) is -3.84. The first-order valence-corrected chi connectivity index (χ1v) is 7.55. The Balaban J connectivity index is 2.51. The molecular weight excluding hydrogens is 298 g/mol. The lowest BCUT2D eigenvalue weighted by molar-refractivity contribution is -0.139. The van der Waals surface area contributed by atoms with E-state index in [1.165, 1.54) is 0 Å². The van der Waals surface area contributed by atoms with Crippen molar-refractivity contribution in [2.45, 2.75) is 24.8 Å². The molecule has 0 radical (unpaired) electrons. The number of rotatable bonds is 3. The van der Waals surface area contributed by atoms with Gasteiger partial charge in [-0.25, -0.2) is 22.9 Å². The highest BCUT2D eigenvalue weighted by Crippen LogP contribution is 2.29. The molecular formula is C12H15N3O5S. The second-order valence-electron chi connectivity index (χ2n) is 4.70. The van der Waals surface area contributed by atoms with Crippen LogP contribution in [-0.4, -0.2) is 43.2 Å². The molecule has 9 heteroatoms. The summed E-state index contributed by atoms with van der Waals surface area (Å²) in [6, 6.07) is 1.92. The second kappa shape index (κ2) is 5.34. The molecule has 2 rings (SSSR count). The lowest BCUT2D eigenvalue weighted by Gasteiger charge is -2.24. The number of carboxylic acid groups (broad SMARTS) is 1. The maximum atomic E-state index is 12.2. The van der Waals surface area contributed by atoms with Gasteiger partial charge in [0.05, 0.1) is 12.3 Å². The second-order valence-corrected chi connectivity index (χ2v) is 6.32. The maximum absolute atomic E-state index is 12.2. The fraction of sp³-hybridized carbons (Fsp3) is 0.333. The number of carbonyl (C=O) groups is 1. The van der Waals surface area contributed by atoms with Gasteiger partial charge in [0, 0.05) is 0 Å². The van der Waals surface area contributed by atoms with Gasteiger partial charge in [-0.15, -0.1) is 0 Å². The third-order valence-electron chi connectivity index (χ3n) is 2.91. The Bertz CT molecular complexity index is 727. The van der Waals surface area contributed by atoms with Gasteiger partial charge < -0.3 is 15.5 Å². The molecule has 0 saturated heterocycles. The van der Waals surface area contributed by atoms with Crippen molar-refractivity contribution in [3.8, 4) is 0 Å². The number of fused-ring (bicyclic) bond motifs is 1. The monoisotopic (exact) mass is 313 g/mol. The zero-order valence-corrected chi connectivity index (χ0v) is 12.2. The van der Waals surface area contributed by atoms with Crippen molar-refractivity contribution in [2.24, 2.45) is 4.99 Å². The van der Waals surface area contributed by atoms with Crippen molar-refractivity contribution >= 4 is 27.6 Å². The van der Waals surface area contributed by atoms with Gasteiger partial charge in [0.2, 0.25) is 5.96 Å². The number of aliphatic carboxylic acids is 1. The predicted octanol–water partition coefficient (Wildman–Crippen LogP) is -0.191. The van der Waals surface area contributed by atoms with Crippen molar-refractivity contribution in [1.29, 1.82) is 0 Å². The summed E-state index contributed by atoms with van der Waals surface area (Å²) >= 11 is 0. The summed E-state index contributed by atoms with van der Waals surface area (Å²) in [5.74, 6) is -1.58. The van der Waals surface area contributed by atoms with Gasteiger partial charge in [0.15, 0.2) is 6.04 Å². The zero-order chi connectivity index (χ0) is 15.8. The molecule has 0 aromatic heterocycles. The third-order valence-corrected chi connectivity index (χ3v) is 4.46. The summed E-state index contributed by atoms with van der Waals surface area (Å²) in [5, 5.41) is 20.5. The Morgan fingerprint density at radius 1 is 1.38 bits per heavy atom. The van der Waals surface area contributed by atoms with Crippen LogP contribution < -0.4 is 10.0 Å². The number of aliphatic hydroxyl groups excluding tert-OH is 1. The Morgan fingerprint density at radius 2 is 2.05 bits per heavy atom. The molecule has 8 nitrogen and oxygen atoms in total. The number of carboxylic acids is 1. The molecule has 4 N–H and O–H groups in total. The van der Waals surface area contributed by atoms with Crippen molar-refractivity contribution in [3.63, 3.8) is 0 Å². The quantitative estimate of drug-likeness (QED) is 0.612. The first-order valence-electron chi connectivity index (χ1n) is 6.07. The summed E-state index contributed by atoms with van der Waals surface area (Å²) in [6.45, 7) is 2.75. The fourth-order valence-corrected chi connectivity index (χ4v) is 3.47. The number of hydrogen-bond acceptors (Lipinski definition) is 5. The van der Waals surface area contributed by atoms with Crippen LogP contribution in [0.25, 0.3) is 0 Å². The fourth-order valence-electron chi connectivity index (χ4n) is 2.12. The minimum atomic E-state index is -3.84. The van der Waals surface area contributed by atoms with E-state index < -0.39 is 28.6 Å². The van der Waals surface area contributed by atoms with Gasteiger partial charge >= 0.3 is 5.97 Å². The Hall–Kier alpha value is -2.13. The van der Waals surface area contributed by atoms with Crippen LogP contribution in [0.4, 0.5) is 5.69 Å². The van der Waals surface area contributed by atoms with Gasteiger partial charge in [0.25, 0.3) is 10.0 Å². The topological polar surface area (TPSA) is 128 Å². The van der Waals surface area contributed by atoms with Crippen molar-refractivity contribution < 1.29 is 23.4 Å². The van der Waals surface area contributed by atoms with Gasteiger partial charge in [-0.2, -0.15) is 0 Å². The van der Waals surface area contributed by atoms with Gasteiger partial charge in [-0.3, -0.25) is 0 Å². The average Bonchev–Trinajstić information content (AvgIpc) is 2.32. The lowest BCUT2D eigenvalue weighted by Crippen LogP contribution is -2.43. The molecule has 0 fully saturated rings. The van der Waals surface area contributed by atoms with Crippen molar-refractivity contribution in [2.75, 3.05) is 11.9 Å². The van der Waals surface area contributed by atoms with Crippen LogP contribution in [0.2, 0.25) is 0 Å². The van der Waals surface area contributed by atoms with E-state index in [1.54, 1.807) is 19.1 Å². The highest BCUT2D eigenvalue weighted by atomic mass is 32.2. The van der Waals surface area contributed by atoms with E-state index in [-0.39, 0.29) is 10.9 Å². The maximum Gasteiger partial charge on any atom is 0.330 e. The number of aliphatic hydroxyl groups is 1. The van der Waals surface area contributed by atoms with Crippen LogP contribution in [-0.2, 0) is 14.8 Å². The minimum absolute atomic E-state index is 0.0999. The Morgan fingerprint density at radius 3 is 2.62 bits per heavy atom. The molecule has 0 amide bonds. The lowest BCUT2D eigenvalue weighted by atomic mass is 10.1. The smallest absolute Gasteiger partial charge is 0.330 e. The normalized spacial score (nSPS) is 19.3. The molecule has 1 aromatic rings. The number of guanidine groups is 1. The molecule has 1 atom stereocenters. The number of benzene rings is 1. The van der Waals surface area contributed by atoms with E-state index in [1.807, 2.05) is 6.92 Å². The van der Waals surface area contributed by atoms with Crippen LogP contribution >= 0.6 is 0 Å². The van der Waals surface area contributed by atoms with E-state index in [0.717, 1.165) is 5.56 Å². The molecule has 114 valence electrons. The van der Waals surface area contributed by atoms with Crippen LogP contribution in [0.3, 0.4) is 0 Å². The standard InChI is InChI=1S/C12H15N3O5S/c1-6-3-7(2)10-8(4-6)13-12(15-21(10,19)20)14-9(5-16)11(17)18/h3-4,9,16H,5H2,1-2H3,(H,17,18)(H2,13,14,15). The average molecular weight is 313 g/mol.